The van der Waals surface area contributed by atoms with E-state index in [1.807, 2.05) is 12.1 Å². The number of hydrogen-bond acceptors (Lipinski definition) is 6. The summed E-state index contributed by atoms with van der Waals surface area (Å²) in [5, 5.41) is 9.93. The van der Waals surface area contributed by atoms with Gasteiger partial charge in [-0.25, -0.2) is 0 Å². The van der Waals surface area contributed by atoms with Gasteiger partial charge in [-0.1, -0.05) is 18.2 Å². The Labute approximate surface area is 163 Å². The first kappa shape index (κ1) is 19.5. The third-order valence-corrected chi connectivity index (χ3v) is 4.41. The Hall–Kier alpha value is -3.25. The van der Waals surface area contributed by atoms with E-state index in [4.69, 9.17) is 18.9 Å². The van der Waals surface area contributed by atoms with E-state index in [0.717, 1.165) is 5.56 Å². The van der Waals surface area contributed by atoms with Crippen molar-refractivity contribution >= 4 is 17.9 Å². The van der Waals surface area contributed by atoms with Crippen LogP contribution >= 0.6 is 0 Å². The lowest BCUT2D eigenvalue weighted by Crippen LogP contribution is -2.22. The molecule has 1 aliphatic rings. The van der Waals surface area contributed by atoms with E-state index in [9.17, 15) is 9.90 Å². The fourth-order valence-corrected chi connectivity index (χ4v) is 3.03. The number of methoxy groups -OCH3 is 3. The smallest absolute Gasteiger partial charge is 0.189 e. The molecule has 1 aliphatic heterocycles. The number of carbonyl (C=O) groups is 1. The van der Waals surface area contributed by atoms with E-state index in [1.54, 1.807) is 50.6 Å². The average Bonchev–Trinajstić information content (AvgIpc) is 2.71. The lowest BCUT2D eigenvalue weighted by atomic mass is 9.97. The minimum absolute atomic E-state index is 0.0120. The molecule has 0 aliphatic carbocycles. The molecule has 0 radical (unpaired) electrons. The van der Waals surface area contributed by atoms with E-state index in [-0.39, 0.29) is 24.7 Å². The van der Waals surface area contributed by atoms with Crippen molar-refractivity contribution in [2.45, 2.75) is 0 Å². The van der Waals surface area contributed by atoms with Crippen LogP contribution in [0.2, 0.25) is 0 Å². The zero-order valence-electron chi connectivity index (χ0n) is 16.0. The van der Waals surface area contributed by atoms with Crippen molar-refractivity contribution < 1.29 is 28.8 Å². The van der Waals surface area contributed by atoms with E-state index in [1.165, 1.54) is 7.11 Å². The minimum Gasteiger partial charge on any atom is -0.504 e. The van der Waals surface area contributed by atoms with Crippen LogP contribution in [-0.4, -0.2) is 45.4 Å². The lowest BCUT2D eigenvalue weighted by molar-refractivity contribution is -0.114. The second-order valence-corrected chi connectivity index (χ2v) is 6.18. The number of carbonyl (C=O) groups excluding carboxylic acids is 1. The summed E-state index contributed by atoms with van der Waals surface area (Å²) in [6.07, 6.45) is 3.46. The molecular weight excluding hydrogens is 360 g/mol. The van der Waals surface area contributed by atoms with Gasteiger partial charge < -0.3 is 24.1 Å². The molecule has 2 aromatic rings. The van der Waals surface area contributed by atoms with Crippen molar-refractivity contribution in [3.05, 3.63) is 58.7 Å². The zero-order chi connectivity index (χ0) is 20.1. The van der Waals surface area contributed by atoms with Crippen molar-refractivity contribution in [2.24, 2.45) is 0 Å². The van der Waals surface area contributed by atoms with Crippen LogP contribution in [0, 0.1) is 0 Å². The number of ketones is 1. The third kappa shape index (κ3) is 4.02. The van der Waals surface area contributed by atoms with Crippen molar-refractivity contribution in [2.75, 3.05) is 34.5 Å². The van der Waals surface area contributed by atoms with Crippen LogP contribution in [0.3, 0.4) is 0 Å². The molecular formula is C22H22O6. The van der Waals surface area contributed by atoms with Crippen molar-refractivity contribution in [1.29, 1.82) is 0 Å². The topological polar surface area (TPSA) is 74.2 Å². The number of aromatic hydroxyl groups is 1. The highest BCUT2D eigenvalue weighted by atomic mass is 16.5. The number of benzene rings is 2. The van der Waals surface area contributed by atoms with Crippen LogP contribution in [0.25, 0.3) is 12.2 Å². The van der Waals surface area contributed by atoms with Crippen molar-refractivity contribution in [3.8, 4) is 23.0 Å². The molecule has 1 fully saturated rings. The highest BCUT2D eigenvalue weighted by Crippen LogP contribution is 2.33. The Kier molecular flexibility index (Phi) is 6.01. The molecule has 28 heavy (non-hydrogen) atoms. The van der Waals surface area contributed by atoms with Gasteiger partial charge in [-0.05, 0) is 35.9 Å². The van der Waals surface area contributed by atoms with E-state index >= 15 is 0 Å². The van der Waals surface area contributed by atoms with E-state index in [2.05, 4.69) is 0 Å². The summed E-state index contributed by atoms with van der Waals surface area (Å²) in [5.74, 6) is 1.43. The fraction of sp³-hybridized carbons (Fsp3) is 0.227. The number of rotatable bonds is 5. The molecule has 146 valence electrons. The van der Waals surface area contributed by atoms with Gasteiger partial charge in [0.1, 0.15) is 0 Å². The molecule has 0 bridgehead atoms. The molecule has 0 atom stereocenters. The Morgan fingerprint density at radius 2 is 1.64 bits per heavy atom. The second-order valence-electron chi connectivity index (χ2n) is 6.18. The SMILES string of the molecule is COc1ccc(/C=C2\COC/C(=C\c3cccc(OC)c3OC)C2=O)cc1O. The Bertz CT molecular complexity index is 942. The van der Waals surface area contributed by atoms with Gasteiger partial charge in [-0.2, -0.15) is 0 Å². The third-order valence-electron chi connectivity index (χ3n) is 4.41. The molecule has 0 amide bonds. The largest absolute Gasteiger partial charge is 0.504 e. The maximum Gasteiger partial charge on any atom is 0.189 e. The summed E-state index contributed by atoms with van der Waals surface area (Å²) >= 11 is 0. The first-order valence-corrected chi connectivity index (χ1v) is 8.69. The van der Waals surface area contributed by atoms with Gasteiger partial charge >= 0.3 is 0 Å². The summed E-state index contributed by atoms with van der Waals surface area (Å²) in [7, 11) is 4.60. The number of ether oxygens (including phenoxy) is 4. The fourth-order valence-electron chi connectivity index (χ4n) is 3.03. The predicted molar refractivity (Wildman–Crippen MR) is 106 cm³/mol. The zero-order valence-corrected chi connectivity index (χ0v) is 16.0. The maximum atomic E-state index is 12.9. The van der Waals surface area contributed by atoms with Crippen LogP contribution in [0.5, 0.6) is 23.0 Å². The molecule has 6 heteroatoms. The van der Waals surface area contributed by atoms with Crippen LogP contribution in [-0.2, 0) is 9.53 Å². The van der Waals surface area contributed by atoms with E-state index in [0.29, 0.717) is 34.0 Å². The first-order chi connectivity index (χ1) is 13.6. The first-order valence-electron chi connectivity index (χ1n) is 8.69. The van der Waals surface area contributed by atoms with Crippen molar-refractivity contribution in [1.82, 2.24) is 0 Å². The molecule has 1 heterocycles. The van der Waals surface area contributed by atoms with Crippen LogP contribution in [0.15, 0.2) is 47.5 Å². The monoisotopic (exact) mass is 382 g/mol. The molecule has 1 N–H and O–H groups in total. The molecule has 3 rings (SSSR count). The number of hydrogen-bond donors (Lipinski definition) is 1. The van der Waals surface area contributed by atoms with Gasteiger partial charge in [0.25, 0.3) is 0 Å². The molecule has 0 spiro atoms. The number of para-hydroxylation sites is 1. The Morgan fingerprint density at radius 3 is 2.29 bits per heavy atom. The molecule has 1 saturated heterocycles. The van der Waals surface area contributed by atoms with Crippen LogP contribution < -0.4 is 14.2 Å². The van der Waals surface area contributed by atoms with Gasteiger partial charge in [0.15, 0.2) is 28.8 Å². The predicted octanol–water partition coefficient (Wildman–Crippen LogP) is 3.48. The molecule has 2 aromatic carbocycles. The molecule has 0 aromatic heterocycles. The van der Waals surface area contributed by atoms with Crippen LogP contribution in [0.4, 0.5) is 0 Å². The summed E-state index contributed by atoms with van der Waals surface area (Å²) in [4.78, 5) is 12.9. The maximum absolute atomic E-state index is 12.9. The second kappa shape index (κ2) is 8.63. The molecule has 0 saturated carbocycles. The van der Waals surface area contributed by atoms with E-state index < -0.39 is 0 Å². The average molecular weight is 382 g/mol. The lowest BCUT2D eigenvalue weighted by Gasteiger charge is -2.18. The Balaban J connectivity index is 1.93. The van der Waals surface area contributed by atoms with Gasteiger partial charge in [0, 0.05) is 16.7 Å². The normalized spacial score (nSPS) is 17.0. The minimum atomic E-state index is -0.105. The van der Waals surface area contributed by atoms with Gasteiger partial charge in [-0.15, -0.1) is 0 Å². The standard InChI is InChI=1S/C22H22O6/c1-25-19-8-7-14(10-18(19)23)9-16-12-28-13-17(21(16)24)11-15-5-4-6-20(26-2)22(15)27-3/h4-11,23H,12-13H2,1-3H3/b16-9+,17-11+. The van der Waals surface area contributed by atoms with Gasteiger partial charge in [0.05, 0.1) is 34.5 Å². The Morgan fingerprint density at radius 1 is 0.929 bits per heavy atom. The highest BCUT2D eigenvalue weighted by Gasteiger charge is 2.22. The quantitative estimate of drug-likeness (QED) is 0.798. The van der Waals surface area contributed by atoms with Gasteiger partial charge in [0.2, 0.25) is 0 Å². The summed E-state index contributed by atoms with van der Waals surface area (Å²) < 4.78 is 21.4. The number of phenolic OH excluding ortho intramolecular Hbond substituents is 1. The molecule has 0 unspecified atom stereocenters. The van der Waals surface area contributed by atoms with Crippen molar-refractivity contribution in [3.63, 3.8) is 0 Å². The summed E-state index contributed by atoms with van der Waals surface area (Å²) in [6, 6.07) is 10.4. The molecule has 6 nitrogen and oxygen atoms in total. The van der Waals surface area contributed by atoms with Crippen LogP contribution in [0.1, 0.15) is 11.1 Å². The summed E-state index contributed by atoms with van der Waals surface area (Å²) in [6.45, 7) is 0.419. The highest BCUT2D eigenvalue weighted by molar-refractivity contribution is 6.14. The summed E-state index contributed by atoms with van der Waals surface area (Å²) in [5.41, 5.74) is 2.44. The number of Topliss-reactive ketones (excluding diaryl/α,β-unsaturated/α-hetero) is 1. The number of phenols is 1. The van der Waals surface area contributed by atoms with Gasteiger partial charge in [-0.3, -0.25) is 4.79 Å².